The van der Waals surface area contributed by atoms with Crippen LogP contribution in [-0.4, -0.2) is 23.1 Å². The first-order valence-corrected chi connectivity index (χ1v) is 7.21. The van der Waals surface area contributed by atoms with Crippen molar-refractivity contribution < 1.29 is 0 Å². The maximum atomic E-state index is 4.56. The van der Waals surface area contributed by atoms with Crippen LogP contribution in [0.3, 0.4) is 0 Å². The van der Waals surface area contributed by atoms with Gasteiger partial charge in [0.1, 0.15) is 5.82 Å². The molecule has 1 unspecified atom stereocenters. The molecule has 2 heterocycles. The van der Waals surface area contributed by atoms with Crippen LogP contribution in [0.15, 0.2) is 30.5 Å². The summed E-state index contributed by atoms with van der Waals surface area (Å²) in [6, 6.07) is 8.74. The van der Waals surface area contributed by atoms with Gasteiger partial charge >= 0.3 is 0 Å². The van der Waals surface area contributed by atoms with E-state index in [2.05, 4.69) is 46.5 Å². The van der Waals surface area contributed by atoms with E-state index in [9.17, 15) is 0 Å². The van der Waals surface area contributed by atoms with Gasteiger partial charge in [0, 0.05) is 12.5 Å². The van der Waals surface area contributed by atoms with Gasteiger partial charge in [-0.3, -0.25) is 0 Å². The summed E-state index contributed by atoms with van der Waals surface area (Å²) in [4.78, 5) is 8.05. The molecule has 1 atom stereocenters. The Morgan fingerprint density at radius 1 is 1.26 bits per heavy atom. The number of hydrogen-bond acceptors (Lipinski definition) is 2. The molecule has 0 bridgehead atoms. The van der Waals surface area contributed by atoms with E-state index in [-0.39, 0.29) is 0 Å². The third-order valence-corrected chi connectivity index (χ3v) is 3.95. The molecule has 1 aliphatic heterocycles. The Hall–Kier alpha value is -1.61. The lowest BCUT2D eigenvalue weighted by atomic mass is 9.99. The van der Waals surface area contributed by atoms with Crippen molar-refractivity contribution in [2.45, 2.75) is 32.1 Å². The summed E-state index contributed by atoms with van der Waals surface area (Å²) in [6.45, 7) is 4.36. The van der Waals surface area contributed by atoms with Crippen LogP contribution in [0.4, 0.5) is 0 Å². The van der Waals surface area contributed by atoms with Gasteiger partial charge in [-0.1, -0.05) is 31.2 Å². The van der Waals surface area contributed by atoms with E-state index in [1.165, 1.54) is 24.0 Å². The molecular formula is C16H21N3. The number of H-pyrrole nitrogens is 1. The predicted octanol–water partition coefficient (Wildman–Crippen LogP) is 3.11. The molecule has 3 heteroatoms. The Morgan fingerprint density at radius 3 is 2.79 bits per heavy atom. The summed E-state index contributed by atoms with van der Waals surface area (Å²) < 4.78 is 0. The summed E-state index contributed by atoms with van der Waals surface area (Å²) in [5.74, 6) is 1.67. The summed E-state index contributed by atoms with van der Waals surface area (Å²) in [6.07, 6.45) is 5.52. The number of aromatic amines is 1. The van der Waals surface area contributed by atoms with E-state index in [0.717, 1.165) is 31.0 Å². The van der Waals surface area contributed by atoms with Crippen molar-refractivity contribution in [3.63, 3.8) is 0 Å². The van der Waals surface area contributed by atoms with E-state index in [4.69, 9.17) is 0 Å². The Labute approximate surface area is 114 Å². The van der Waals surface area contributed by atoms with Crippen LogP contribution < -0.4 is 5.32 Å². The lowest BCUT2D eigenvalue weighted by molar-refractivity contribution is 0.449. The number of nitrogens with one attached hydrogen (secondary N) is 2. The largest absolute Gasteiger partial charge is 0.342 e. The summed E-state index contributed by atoms with van der Waals surface area (Å²) in [5.41, 5.74) is 3.72. The van der Waals surface area contributed by atoms with E-state index in [1.807, 2.05) is 6.20 Å². The molecule has 1 aromatic carbocycles. The minimum absolute atomic E-state index is 0.539. The van der Waals surface area contributed by atoms with Crippen LogP contribution >= 0.6 is 0 Å². The quantitative estimate of drug-likeness (QED) is 0.884. The minimum Gasteiger partial charge on any atom is -0.342 e. The SMILES string of the molecule is CCc1ccc(-c2cnc(C3CCCNC3)[nH]2)cc1. The maximum absolute atomic E-state index is 4.56. The van der Waals surface area contributed by atoms with Crippen molar-refractivity contribution in [2.75, 3.05) is 13.1 Å². The van der Waals surface area contributed by atoms with Crippen molar-refractivity contribution in [2.24, 2.45) is 0 Å². The molecule has 0 amide bonds. The molecule has 3 rings (SSSR count). The molecule has 0 aliphatic carbocycles. The molecule has 1 aromatic heterocycles. The van der Waals surface area contributed by atoms with Gasteiger partial charge in [-0.25, -0.2) is 4.98 Å². The molecule has 0 spiro atoms. The molecule has 2 aromatic rings. The first kappa shape index (κ1) is 12.4. The molecule has 2 N–H and O–H groups in total. The van der Waals surface area contributed by atoms with Crippen molar-refractivity contribution in [1.82, 2.24) is 15.3 Å². The van der Waals surface area contributed by atoms with Crippen molar-refractivity contribution in [3.8, 4) is 11.3 Å². The van der Waals surface area contributed by atoms with E-state index in [1.54, 1.807) is 0 Å². The molecule has 1 aliphatic rings. The van der Waals surface area contributed by atoms with Gasteiger partial charge in [0.25, 0.3) is 0 Å². The third-order valence-electron chi connectivity index (χ3n) is 3.95. The molecule has 1 saturated heterocycles. The molecule has 19 heavy (non-hydrogen) atoms. The molecule has 3 nitrogen and oxygen atoms in total. The standard InChI is InChI=1S/C16H21N3/c1-2-12-5-7-13(8-6-12)15-11-18-16(19-15)14-4-3-9-17-10-14/h5-8,11,14,17H,2-4,9-10H2,1H3,(H,18,19). The lowest BCUT2D eigenvalue weighted by Crippen LogP contribution is -2.28. The second kappa shape index (κ2) is 5.57. The van der Waals surface area contributed by atoms with Gasteiger partial charge in [0.15, 0.2) is 0 Å². The number of piperidine rings is 1. The highest BCUT2D eigenvalue weighted by Gasteiger charge is 2.18. The fraction of sp³-hybridized carbons (Fsp3) is 0.438. The maximum Gasteiger partial charge on any atom is 0.110 e. The zero-order chi connectivity index (χ0) is 13.1. The topological polar surface area (TPSA) is 40.7 Å². The van der Waals surface area contributed by atoms with Crippen molar-refractivity contribution in [3.05, 3.63) is 41.9 Å². The van der Waals surface area contributed by atoms with Crippen LogP contribution in [0.25, 0.3) is 11.3 Å². The van der Waals surface area contributed by atoms with Crippen LogP contribution in [0.2, 0.25) is 0 Å². The number of benzene rings is 1. The van der Waals surface area contributed by atoms with Gasteiger partial charge in [-0.2, -0.15) is 0 Å². The average molecular weight is 255 g/mol. The first-order valence-electron chi connectivity index (χ1n) is 7.21. The number of hydrogen-bond donors (Lipinski definition) is 2. The normalized spacial score (nSPS) is 19.5. The van der Waals surface area contributed by atoms with Crippen LogP contribution in [0, 0.1) is 0 Å². The van der Waals surface area contributed by atoms with Gasteiger partial charge in [0.2, 0.25) is 0 Å². The van der Waals surface area contributed by atoms with Gasteiger partial charge in [-0.15, -0.1) is 0 Å². The molecule has 1 fully saturated rings. The number of aromatic nitrogens is 2. The monoisotopic (exact) mass is 255 g/mol. The van der Waals surface area contributed by atoms with Crippen molar-refractivity contribution >= 4 is 0 Å². The van der Waals surface area contributed by atoms with E-state index < -0.39 is 0 Å². The zero-order valence-electron chi connectivity index (χ0n) is 11.4. The van der Waals surface area contributed by atoms with E-state index >= 15 is 0 Å². The third kappa shape index (κ3) is 2.71. The number of rotatable bonds is 3. The number of imidazole rings is 1. The van der Waals surface area contributed by atoms with Gasteiger partial charge in [-0.05, 0) is 36.9 Å². The predicted molar refractivity (Wildman–Crippen MR) is 78.2 cm³/mol. The summed E-state index contributed by atoms with van der Waals surface area (Å²) >= 11 is 0. The second-order valence-electron chi connectivity index (χ2n) is 5.28. The van der Waals surface area contributed by atoms with Crippen LogP contribution in [-0.2, 0) is 6.42 Å². The Morgan fingerprint density at radius 2 is 2.11 bits per heavy atom. The smallest absolute Gasteiger partial charge is 0.110 e. The summed E-state index contributed by atoms with van der Waals surface area (Å²) in [5, 5.41) is 3.44. The first-order chi connectivity index (χ1) is 9.36. The van der Waals surface area contributed by atoms with Crippen LogP contribution in [0.1, 0.15) is 37.1 Å². The fourth-order valence-corrected chi connectivity index (χ4v) is 2.70. The van der Waals surface area contributed by atoms with Crippen LogP contribution in [0.5, 0.6) is 0 Å². The highest BCUT2D eigenvalue weighted by atomic mass is 15.0. The van der Waals surface area contributed by atoms with Gasteiger partial charge in [0.05, 0.1) is 11.9 Å². The number of aryl methyl sites for hydroxylation is 1. The second-order valence-corrected chi connectivity index (χ2v) is 5.28. The highest BCUT2D eigenvalue weighted by molar-refractivity contribution is 5.58. The average Bonchev–Trinajstić information content (AvgIpc) is 2.98. The Kier molecular flexibility index (Phi) is 3.65. The minimum atomic E-state index is 0.539. The molecule has 0 radical (unpaired) electrons. The Bertz CT molecular complexity index is 521. The molecular weight excluding hydrogens is 234 g/mol. The van der Waals surface area contributed by atoms with Crippen molar-refractivity contribution in [1.29, 1.82) is 0 Å². The fourth-order valence-electron chi connectivity index (χ4n) is 2.70. The summed E-state index contributed by atoms with van der Waals surface area (Å²) in [7, 11) is 0. The van der Waals surface area contributed by atoms with E-state index in [0.29, 0.717) is 5.92 Å². The highest BCUT2D eigenvalue weighted by Crippen LogP contribution is 2.24. The van der Waals surface area contributed by atoms with Gasteiger partial charge < -0.3 is 10.3 Å². The molecule has 0 saturated carbocycles. The Balaban J connectivity index is 1.79. The number of nitrogens with zero attached hydrogens (tertiary/aromatic N) is 1. The zero-order valence-corrected chi connectivity index (χ0v) is 11.4. The lowest BCUT2D eigenvalue weighted by Gasteiger charge is -2.20. The molecule has 100 valence electrons.